The Labute approximate surface area is 90.0 Å². The molecule has 5 nitrogen and oxygen atoms in total. The molecule has 0 aliphatic carbocycles. The molecule has 0 aromatic carbocycles. The average molecular weight is 217 g/mol. The number of carbonyl (C=O) groups is 1. The van der Waals surface area contributed by atoms with Crippen LogP contribution in [-0.4, -0.2) is 62.0 Å². The van der Waals surface area contributed by atoms with E-state index in [4.69, 9.17) is 9.47 Å². The smallest absolute Gasteiger partial charge is 0.323 e. The van der Waals surface area contributed by atoms with Gasteiger partial charge >= 0.3 is 5.97 Å². The summed E-state index contributed by atoms with van der Waals surface area (Å²) in [5.41, 5.74) is 0. The standard InChI is InChI=1S/C10H19NO4/c1-14-7-8(12)6-11-5-3-4-9(11)10(13)15-2/h8-9,12H,3-7H2,1-2H3. The lowest BCUT2D eigenvalue weighted by atomic mass is 10.2. The van der Waals surface area contributed by atoms with E-state index in [1.165, 1.54) is 7.11 Å². The second kappa shape index (κ2) is 6.05. The van der Waals surface area contributed by atoms with Crippen LogP contribution in [0.5, 0.6) is 0 Å². The highest BCUT2D eigenvalue weighted by Gasteiger charge is 2.32. The fourth-order valence-electron chi connectivity index (χ4n) is 1.96. The van der Waals surface area contributed by atoms with Crippen LogP contribution < -0.4 is 0 Å². The molecule has 0 saturated carbocycles. The summed E-state index contributed by atoms with van der Waals surface area (Å²) in [5, 5.41) is 9.56. The third-order valence-corrected chi connectivity index (χ3v) is 2.64. The zero-order valence-corrected chi connectivity index (χ0v) is 9.31. The second-order valence-corrected chi connectivity index (χ2v) is 3.79. The number of ether oxygens (including phenoxy) is 2. The van der Waals surface area contributed by atoms with E-state index in [-0.39, 0.29) is 12.0 Å². The molecule has 5 heteroatoms. The van der Waals surface area contributed by atoms with E-state index in [1.807, 2.05) is 4.90 Å². The van der Waals surface area contributed by atoms with E-state index in [1.54, 1.807) is 7.11 Å². The summed E-state index contributed by atoms with van der Waals surface area (Å²) in [6.07, 6.45) is 1.24. The Morgan fingerprint density at radius 3 is 2.93 bits per heavy atom. The number of likely N-dealkylation sites (tertiary alicyclic amines) is 1. The van der Waals surface area contributed by atoms with Gasteiger partial charge in [0.1, 0.15) is 6.04 Å². The number of carbonyl (C=O) groups excluding carboxylic acids is 1. The maximum Gasteiger partial charge on any atom is 0.323 e. The quantitative estimate of drug-likeness (QED) is 0.637. The number of hydrogen-bond donors (Lipinski definition) is 1. The third-order valence-electron chi connectivity index (χ3n) is 2.64. The van der Waals surface area contributed by atoms with Crippen LogP contribution in [0.1, 0.15) is 12.8 Å². The number of aliphatic hydroxyl groups is 1. The van der Waals surface area contributed by atoms with Gasteiger partial charge in [-0.2, -0.15) is 0 Å². The first kappa shape index (κ1) is 12.4. The van der Waals surface area contributed by atoms with Gasteiger partial charge in [-0.25, -0.2) is 0 Å². The molecule has 88 valence electrons. The predicted octanol–water partition coefficient (Wildman–Crippen LogP) is -0.369. The van der Waals surface area contributed by atoms with Crippen molar-refractivity contribution < 1.29 is 19.4 Å². The summed E-state index contributed by atoms with van der Waals surface area (Å²) in [7, 11) is 2.94. The summed E-state index contributed by atoms with van der Waals surface area (Å²) >= 11 is 0. The molecule has 0 aromatic heterocycles. The molecule has 15 heavy (non-hydrogen) atoms. The molecule has 0 spiro atoms. The van der Waals surface area contributed by atoms with Gasteiger partial charge in [-0.05, 0) is 19.4 Å². The van der Waals surface area contributed by atoms with Crippen molar-refractivity contribution in [2.75, 3.05) is 33.9 Å². The van der Waals surface area contributed by atoms with Crippen molar-refractivity contribution in [1.82, 2.24) is 4.90 Å². The summed E-state index contributed by atoms with van der Waals surface area (Å²) in [6.45, 7) is 1.60. The van der Waals surface area contributed by atoms with E-state index in [0.717, 1.165) is 19.4 Å². The van der Waals surface area contributed by atoms with Crippen LogP contribution in [-0.2, 0) is 14.3 Å². The minimum Gasteiger partial charge on any atom is -0.468 e. The number of aliphatic hydroxyl groups excluding tert-OH is 1. The molecule has 1 aliphatic heterocycles. The van der Waals surface area contributed by atoms with Crippen molar-refractivity contribution >= 4 is 5.97 Å². The Hall–Kier alpha value is -0.650. The molecular weight excluding hydrogens is 198 g/mol. The molecule has 0 aromatic rings. The van der Waals surface area contributed by atoms with E-state index >= 15 is 0 Å². The van der Waals surface area contributed by atoms with Gasteiger partial charge in [0.15, 0.2) is 0 Å². The van der Waals surface area contributed by atoms with E-state index in [0.29, 0.717) is 13.2 Å². The maximum absolute atomic E-state index is 11.4. The van der Waals surface area contributed by atoms with Crippen LogP contribution in [0.15, 0.2) is 0 Å². The van der Waals surface area contributed by atoms with Crippen molar-refractivity contribution in [1.29, 1.82) is 0 Å². The van der Waals surface area contributed by atoms with Gasteiger partial charge in [-0.1, -0.05) is 0 Å². The molecule has 1 saturated heterocycles. The summed E-state index contributed by atoms with van der Waals surface area (Å²) in [6, 6.07) is -0.193. The molecule has 1 aliphatic rings. The van der Waals surface area contributed by atoms with Crippen LogP contribution in [0.25, 0.3) is 0 Å². The summed E-state index contributed by atoms with van der Waals surface area (Å²) in [5.74, 6) is -0.211. The Bertz CT molecular complexity index is 210. The highest BCUT2D eigenvalue weighted by Crippen LogP contribution is 2.18. The molecule has 1 N–H and O–H groups in total. The third kappa shape index (κ3) is 3.44. The first-order chi connectivity index (χ1) is 7.19. The molecule has 1 rings (SSSR count). The van der Waals surface area contributed by atoms with Gasteiger partial charge in [0, 0.05) is 13.7 Å². The van der Waals surface area contributed by atoms with E-state index in [9.17, 15) is 9.90 Å². The highest BCUT2D eigenvalue weighted by molar-refractivity contribution is 5.75. The number of nitrogens with zero attached hydrogens (tertiary/aromatic N) is 1. The van der Waals surface area contributed by atoms with Gasteiger partial charge < -0.3 is 14.6 Å². The van der Waals surface area contributed by atoms with Gasteiger partial charge in [0.2, 0.25) is 0 Å². The van der Waals surface area contributed by atoms with Gasteiger partial charge in [0.05, 0.1) is 19.8 Å². The number of hydrogen-bond acceptors (Lipinski definition) is 5. The minimum atomic E-state index is -0.541. The SMILES string of the molecule is COCC(O)CN1CCCC1C(=O)OC. The molecule has 2 atom stereocenters. The van der Waals surface area contributed by atoms with E-state index < -0.39 is 6.10 Å². The molecule has 1 heterocycles. The van der Waals surface area contributed by atoms with Gasteiger partial charge in [-0.3, -0.25) is 9.69 Å². The first-order valence-electron chi connectivity index (χ1n) is 5.18. The van der Waals surface area contributed by atoms with Crippen LogP contribution >= 0.6 is 0 Å². The second-order valence-electron chi connectivity index (χ2n) is 3.79. The lowest BCUT2D eigenvalue weighted by Crippen LogP contribution is -2.42. The maximum atomic E-state index is 11.4. The molecule has 0 amide bonds. The lowest BCUT2D eigenvalue weighted by Gasteiger charge is -2.24. The van der Waals surface area contributed by atoms with Crippen molar-refractivity contribution in [3.05, 3.63) is 0 Å². The van der Waals surface area contributed by atoms with Crippen LogP contribution in [0.3, 0.4) is 0 Å². The molecule has 1 fully saturated rings. The fourth-order valence-corrected chi connectivity index (χ4v) is 1.96. The van der Waals surface area contributed by atoms with Gasteiger partial charge in [0.25, 0.3) is 0 Å². The Kier molecular flexibility index (Phi) is 5.01. The minimum absolute atomic E-state index is 0.193. The van der Waals surface area contributed by atoms with Crippen molar-refractivity contribution in [3.63, 3.8) is 0 Å². The molecule has 0 radical (unpaired) electrons. The Morgan fingerprint density at radius 2 is 2.33 bits per heavy atom. The zero-order valence-electron chi connectivity index (χ0n) is 9.31. The summed E-state index contributed by atoms with van der Waals surface area (Å²) in [4.78, 5) is 13.3. The normalized spacial score (nSPS) is 24.1. The highest BCUT2D eigenvalue weighted by atomic mass is 16.5. The largest absolute Gasteiger partial charge is 0.468 e. The van der Waals surface area contributed by atoms with Crippen LogP contribution in [0.4, 0.5) is 0 Å². The average Bonchev–Trinajstić information content (AvgIpc) is 2.65. The van der Waals surface area contributed by atoms with Gasteiger partial charge in [-0.15, -0.1) is 0 Å². The number of methoxy groups -OCH3 is 2. The van der Waals surface area contributed by atoms with Crippen molar-refractivity contribution in [2.45, 2.75) is 25.0 Å². The molecule has 2 unspecified atom stereocenters. The zero-order chi connectivity index (χ0) is 11.3. The molecule has 0 bridgehead atoms. The molecular formula is C10H19NO4. The number of esters is 1. The van der Waals surface area contributed by atoms with E-state index in [2.05, 4.69) is 0 Å². The Balaban J connectivity index is 2.42. The first-order valence-corrected chi connectivity index (χ1v) is 5.18. The monoisotopic (exact) mass is 217 g/mol. The number of rotatable bonds is 5. The van der Waals surface area contributed by atoms with Crippen molar-refractivity contribution in [2.24, 2.45) is 0 Å². The summed E-state index contributed by atoms with van der Waals surface area (Å²) < 4.78 is 9.56. The Morgan fingerprint density at radius 1 is 1.60 bits per heavy atom. The lowest BCUT2D eigenvalue weighted by molar-refractivity contribution is -0.146. The number of β-amino-alcohol motifs (C(OH)–C–C–N with tert-alkyl or cyclic N) is 1. The van der Waals surface area contributed by atoms with Crippen LogP contribution in [0, 0.1) is 0 Å². The predicted molar refractivity (Wildman–Crippen MR) is 54.5 cm³/mol. The topological polar surface area (TPSA) is 59.0 Å². The van der Waals surface area contributed by atoms with Crippen LogP contribution in [0.2, 0.25) is 0 Å². The van der Waals surface area contributed by atoms with Crippen molar-refractivity contribution in [3.8, 4) is 0 Å². The fraction of sp³-hybridized carbons (Fsp3) is 0.900.